The number of benzene rings is 1. The topological polar surface area (TPSA) is 46.5 Å². The molecule has 0 unspecified atom stereocenters. The van der Waals surface area contributed by atoms with Crippen LogP contribution in [0.15, 0.2) is 24.3 Å². The fourth-order valence-corrected chi connectivity index (χ4v) is 2.80. The van der Waals surface area contributed by atoms with E-state index in [1.54, 1.807) is 18.2 Å². The standard InChI is InChI=1S/C16H22O3/c17-16(18)14-10-4-5-11-15(14)19-12-6-9-13-7-2-1-3-8-13/h4-5,10-11,13H,1-3,6-9,12H2,(H,17,18). The van der Waals surface area contributed by atoms with E-state index in [9.17, 15) is 4.79 Å². The summed E-state index contributed by atoms with van der Waals surface area (Å²) < 4.78 is 5.61. The van der Waals surface area contributed by atoms with Crippen molar-refractivity contribution in [3.05, 3.63) is 29.8 Å². The Hall–Kier alpha value is -1.51. The minimum atomic E-state index is -0.928. The van der Waals surface area contributed by atoms with Gasteiger partial charge in [-0.3, -0.25) is 0 Å². The summed E-state index contributed by atoms with van der Waals surface area (Å²) in [6, 6.07) is 6.84. The third-order valence-corrected chi connectivity index (χ3v) is 3.86. The predicted molar refractivity (Wildman–Crippen MR) is 74.7 cm³/mol. The van der Waals surface area contributed by atoms with Crippen LogP contribution in [0.25, 0.3) is 0 Å². The molecular formula is C16H22O3. The number of carboxylic acid groups (broad SMARTS) is 1. The Balaban J connectivity index is 1.74. The average molecular weight is 262 g/mol. The largest absolute Gasteiger partial charge is 0.493 e. The highest BCUT2D eigenvalue weighted by Crippen LogP contribution is 2.27. The van der Waals surface area contributed by atoms with Crippen LogP contribution < -0.4 is 4.74 Å². The molecule has 0 aliphatic heterocycles. The molecule has 0 radical (unpaired) electrons. The number of hydrogen-bond donors (Lipinski definition) is 1. The number of aromatic carboxylic acids is 1. The van der Waals surface area contributed by atoms with Crippen LogP contribution in [0.1, 0.15) is 55.3 Å². The average Bonchev–Trinajstić information content (AvgIpc) is 2.45. The van der Waals surface area contributed by atoms with Crippen LogP contribution >= 0.6 is 0 Å². The lowest BCUT2D eigenvalue weighted by atomic mass is 9.86. The Morgan fingerprint density at radius 1 is 1.21 bits per heavy atom. The predicted octanol–water partition coefficient (Wildman–Crippen LogP) is 4.12. The quantitative estimate of drug-likeness (QED) is 0.784. The minimum absolute atomic E-state index is 0.250. The maximum absolute atomic E-state index is 11.0. The minimum Gasteiger partial charge on any atom is -0.493 e. The lowest BCUT2D eigenvalue weighted by molar-refractivity contribution is 0.0692. The monoisotopic (exact) mass is 262 g/mol. The second-order valence-corrected chi connectivity index (χ2v) is 5.30. The van der Waals surface area contributed by atoms with Gasteiger partial charge in [-0.2, -0.15) is 0 Å². The van der Waals surface area contributed by atoms with Crippen LogP contribution in [0.2, 0.25) is 0 Å². The van der Waals surface area contributed by atoms with E-state index < -0.39 is 5.97 Å². The van der Waals surface area contributed by atoms with E-state index in [1.807, 2.05) is 6.07 Å². The normalized spacial score (nSPS) is 16.2. The maximum Gasteiger partial charge on any atom is 0.339 e. The Bertz CT molecular complexity index is 408. The molecule has 1 aliphatic carbocycles. The van der Waals surface area contributed by atoms with Gasteiger partial charge in [0.2, 0.25) is 0 Å². The lowest BCUT2D eigenvalue weighted by Crippen LogP contribution is -2.09. The molecule has 1 aromatic rings. The van der Waals surface area contributed by atoms with Crippen molar-refractivity contribution < 1.29 is 14.6 Å². The molecule has 1 fully saturated rings. The number of rotatable bonds is 6. The first-order chi connectivity index (χ1) is 9.27. The van der Waals surface area contributed by atoms with Crippen LogP contribution in [0.3, 0.4) is 0 Å². The summed E-state index contributed by atoms with van der Waals surface area (Å²) in [4.78, 5) is 11.0. The molecule has 0 spiro atoms. The van der Waals surface area contributed by atoms with E-state index in [1.165, 1.54) is 38.5 Å². The van der Waals surface area contributed by atoms with E-state index in [-0.39, 0.29) is 5.56 Å². The van der Waals surface area contributed by atoms with Crippen molar-refractivity contribution in [2.75, 3.05) is 6.61 Å². The molecule has 104 valence electrons. The number of hydrogen-bond acceptors (Lipinski definition) is 2. The molecule has 0 heterocycles. The molecule has 1 N–H and O–H groups in total. The molecule has 1 aliphatic rings. The highest BCUT2D eigenvalue weighted by Gasteiger charge is 2.13. The van der Waals surface area contributed by atoms with Gasteiger partial charge in [-0.05, 0) is 30.9 Å². The van der Waals surface area contributed by atoms with Gasteiger partial charge in [0.05, 0.1) is 6.61 Å². The van der Waals surface area contributed by atoms with E-state index in [4.69, 9.17) is 9.84 Å². The third-order valence-electron chi connectivity index (χ3n) is 3.86. The zero-order valence-corrected chi connectivity index (χ0v) is 11.3. The summed E-state index contributed by atoms with van der Waals surface area (Å²) in [5.41, 5.74) is 0.250. The highest BCUT2D eigenvalue weighted by atomic mass is 16.5. The first-order valence-electron chi connectivity index (χ1n) is 7.22. The Morgan fingerprint density at radius 2 is 1.95 bits per heavy atom. The Kier molecular flexibility index (Phi) is 5.25. The van der Waals surface area contributed by atoms with Gasteiger partial charge in [-0.25, -0.2) is 4.79 Å². The van der Waals surface area contributed by atoms with Gasteiger partial charge < -0.3 is 9.84 Å². The molecule has 2 rings (SSSR count). The summed E-state index contributed by atoms with van der Waals surface area (Å²) in [6.45, 7) is 0.612. The third kappa shape index (κ3) is 4.27. The van der Waals surface area contributed by atoms with E-state index >= 15 is 0 Å². The molecule has 0 bridgehead atoms. The van der Waals surface area contributed by atoms with Gasteiger partial charge in [0.15, 0.2) is 0 Å². The molecule has 3 heteroatoms. The number of para-hydroxylation sites is 1. The number of carboxylic acids is 1. The summed E-state index contributed by atoms with van der Waals surface area (Å²) in [5.74, 6) is 0.411. The zero-order chi connectivity index (χ0) is 13.5. The van der Waals surface area contributed by atoms with Crippen molar-refractivity contribution in [2.45, 2.75) is 44.9 Å². The SMILES string of the molecule is O=C(O)c1ccccc1OCCCC1CCCCC1. The van der Waals surface area contributed by atoms with E-state index in [2.05, 4.69) is 0 Å². The van der Waals surface area contributed by atoms with Crippen molar-refractivity contribution in [2.24, 2.45) is 5.92 Å². The maximum atomic E-state index is 11.0. The molecule has 0 saturated heterocycles. The van der Waals surface area contributed by atoms with Crippen LogP contribution in [-0.2, 0) is 0 Å². The van der Waals surface area contributed by atoms with Crippen molar-refractivity contribution in [3.63, 3.8) is 0 Å². The summed E-state index contributed by atoms with van der Waals surface area (Å²) in [5, 5.41) is 9.05. The van der Waals surface area contributed by atoms with E-state index in [0.717, 1.165) is 12.3 Å². The molecule has 1 aromatic carbocycles. The molecule has 3 nitrogen and oxygen atoms in total. The van der Waals surface area contributed by atoms with Gasteiger partial charge in [0.1, 0.15) is 11.3 Å². The molecule has 1 saturated carbocycles. The van der Waals surface area contributed by atoms with Gasteiger partial charge >= 0.3 is 5.97 Å². The molecular weight excluding hydrogens is 240 g/mol. The fourth-order valence-electron chi connectivity index (χ4n) is 2.80. The molecule has 0 atom stereocenters. The van der Waals surface area contributed by atoms with Crippen LogP contribution in [-0.4, -0.2) is 17.7 Å². The molecule has 0 amide bonds. The first kappa shape index (κ1) is 13.9. The fraction of sp³-hybridized carbons (Fsp3) is 0.562. The summed E-state index contributed by atoms with van der Waals surface area (Å²) >= 11 is 0. The van der Waals surface area contributed by atoms with Crippen LogP contribution in [0, 0.1) is 5.92 Å². The van der Waals surface area contributed by atoms with Gasteiger partial charge in [0, 0.05) is 0 Å². The number of ether oxygens (including phenoxy) is 1. The zero-order valence-electron chi connectivity index (χ0n) is 11.3. The summed E-state index contributed by atoms with van der Waals surface area (Å²) in [6.07, 6.45) is 9.05. The van der Waals surface area contributed by atoms with Gasteiger partial charge in [-0.1, -0.05) is 44.2 Å². The van der Waals surface area contributed by atoms with E-state index in [0.29, 0.717) is 12.4 Å². The van der Waals surface area contributed by atoms with Crippen molar-refractivity contribution in [1.82, 2.24) is 0 Å². The smallest absolute Gasteiger partial charge is 0.339 e. The second kappa shape index (κ2) is 7.17. The molecule has 19 heavy (non-hydrogen) atoms. The summed E-state index contributed by atoms with van der Waals surface area (Å²) in [7, 11) is 0. The Morgan fingerprint density at radius 3 is 2.68 bits per heavy atom. The second-order valence-electron chi connectivity index (χ2n) is 5.30. The first-order valence-corrected chi connectivity index (χ1v) is 7.22. The highest BCUT2D eigenvalue weighted by molar-refractivity contribution is 5.90. The molecule has 0 aromatic heterocycles. The van der Waals surface area contributed by atoms with Crippen LogP contribution in [0.5, 0.6) is 5.75 Å². The van der Waals surface area contributed by atoms with Crippen molar-refractivity contribution >= 4 is 5.97 Å². The van der Waals surface area contributed by atoms with Gasteiger partial charge in [-0.15, -0.1) is 0 Å². The Labute approximate surface area is 114 Å². The van der Waals surface area contributed by atoms with Crippen LogP contribution in [0.4, 0.5) is 0 Å². The lowest BCUT2D eigenvalue weighted by Gasteiger charge is -2.21. The van der Waals surface area contributed by atoms with Gasteiger partial charge in [0.25, 0.3) is 0 Å². The number of carbonyl (C=O) groups is 1. The van der Waals surface area contributed by atoms with Crippen molar-refractivity contribution in [3.8, 4) is 5.75 Å². The van der Waals surface area contributed by atoms with Crippen molar-refractivity contribution in [1.29, 1.82) is 0 Å².